The summed E-state index contributed by atoms with van der Waals surface area (Å²) in [7, 11) is 1.45. The van der Waals surface area contributed by atoms with Gasteiger partial charge in [-0.3, -0.25) is 5.10 Å². The van der Waals surface area contributed by atoms with E-state index in [-0.39, 0.29) is 11.6 Å². The van der Waals surface area contributed by atoms with Gasteiger partial charge in [-0.2, -0.15) is 5.10 Å². The average molecular weight is 263 g/mol. The summed E-state index contributed by atoms with van der Waals surface area (Å²) in [5.74, 6) is -0.137. The Morgan fingerprint density at radius 1 is 1.42 bits per heavy atom. The van der Waals surface area contributed by atoms with Crippen molar-refractivity contribution in [2.45, 2.75) is 26.4 Å². The van der Waals surface area contributed by atoms with Crippen molar-refractivity contribution in [1.82, 2.24) is 15.5 Å². The van der Waals surface area contributed by atoms with E-state index in [1.807, 2.05) is 6.07 Å². The highest BCUT2D eigenvalue weighted by molar-refractivity contribution is 5.63. The van der Waals surface area contributed by atoms with E-state index in [4.69, 9.17) is 4.74 Å². The van der Waals surface area contributed by atoms with Crippen molar-refractivity contribution < 1.29 is 9.13 Å². The standard InChI is InChI=1S/C14H18FN3O/c1-9(2)16-7-11-8-17-18-14(11)10-4-5-13(19-3)12(15)6-10/h4-6,8-9,16H,7H2,1-3H3,(H,17,18). The second-order valence-electron chi connectivity index (χ2n) is 4.66. The van der Waals surface area contributed by atoms with E-state index in [2.05, 4.69) is 29.4 Å². The quantitative estimate of drug-likeness (QED) is 0.872. The number of H-pyrrole nitrogens is 1. The first-order valence-electron chi connectivity index (χ1n) is 6.21. The molecule has 0 atom stereocenters. The summed E-state index contributed by atoms with van der Waals surface area (Å²) in [6, 6.07) is 5.26. The maximum atomic E-state index is 13.7. The number of halogens is 1. The van der Waals surface area contributed by atoms with Gasteiger partial charge in [-0.15, -0.1) is 0 Å². The van der Waals surface area contributed by atoms with E-state index < -0.39 is 0 Å². The summed E-state index contributed by atoms with van der Waals surface area (Å²) in [5, 5.41) is 10.3. The minimum atomic E-state index is -0.377. The Bertz CT molecular complexity index is 551. The molecule has 4 nitrogen and oxygen atoms in total. The molecular formula is C14H18FN3O. The fourth-order valence-electron chi connectivity index (χ4n) is 1.83. The van der Waals surface area contributed by atoms with E-state index >= 15 is 0 Å². The Balaban J connectivity index is 2.27. The fourth-order valence-corrected chi connectivity index (χ4v) is 1.83. The second kappa shape index (κ2) is 5.84. The van der Waals surface area contributed by atoms with Crippen LogP contribution in [-0.2, 0) is 6.54 Å². The molecule has 1 aromatic heterocycles. The van der Waals surface area contributed by atoms with Crippen molar-refractivity contribution in [1.29, 1.82) is 0 Å². The summed E-state index contributed by atoms with van der Waals surface area (Å²) in [6.07, 6.45) is 1.76. The number of ether oxygens (including phenoxy) is 1. The van der Waals surface area contributed by atoms with Crippen molar-refractivity contribution in [3.63, 3.8) is 0 Å². The van der Waals surface area contributed by atoms with Crippen LogP contribution in [0.4, 0.5) is 4.39 Å². The van der Waals surface area contributed by atoms with Crippen LogP contribution >= 0.6 is 0 Å². The number of aromatic amines is 1. The molecule has 0 amide bonds. The molecule has 0 fully saturated rings. The van der Waals surface area contributed by atoms with Crippen LogP contribution in [0.25, 0.3) is 11.3 Å². The Morgan fingerprint density at radius 2 is 2.21 bits per heavy atom. The molecule has 5 heteroatoms. The van der Waals surface area contributed by atoms with Crippen LogP contribution in [0.5, 0.6) is 5.75 Å². The summed E-state index contributed by atoms with van der Waals surface area (Å²) in [4.78, 5) is 0. The largest absolute Gasteiger partial charge is 0.494 e. The van der Waals surface area contributed by atoms with Gasteiger partial charge >= 0.3 is 0 Å². The summed E-state index contributed by atoms with van der Waals surface area (Å²) in [5.41, 5.74) is 2.60. The maximum Gasteiger partial charge on any atom is 0.165 e. The molecule has 2 N–H and O–H groups in total. The molecule has 0 spiro atoms. The predicted octanol–water partition coefficient (Wildman–Crippen LogP) is 2.72. The molecule has 0 aliphatic rings. The fraction of sp³-hybridized carbons (Fsp3) is 0.357. The van der Waals surface area contributed by atoms with Crippen LogP contribution in [0.2, 0.25) is 0 Å². The van der Waals surface area contributed by atoms with Crippen molar-refractivity contribution in [3.05, 3.63) is 35.8 Å². The molecule has 0 saturated heterocycles. The zero-order valence-corrected chi connectivity index (χ0v) is 11.3. The Kier molecular flexibility index (Phi) is 4.16. The van der Waals surface area contributed by atoms with Crippen LogP contribution in [-0.4, -0.2) is 23.3 Å². The molecule has 0 saturated carbocycles. The van der Waals surface area contributed by atoms with Crippen LogP contribution in [0, 0.1) is 5.82 Å². The Hall–Kier alpha value is -1.88. The summed E-state index contributed by atoms with van der Waals surface area (Å²) in [6.45, 7) is 4.84. The number of nitrogens with one attached hydrogen (secondary N) is 2. The molecule has 0 aliphatic heterocycles. The summed E-state index contributed by atoms with van der Waals surface area (Å²) >= 11 is 0. The maximum absolute atomic E-state index is 13.7. The number of aromatic nitrogens is 2. The minimum absolute atomic E-state index is 0.241. The molecule has 0 bridgehead atoms. The van der Waals surface area contributed by atoms with Crippen molar-refractivity contribution in [3.8, 4) is 17.0 Å². The average Bonchev–Trinajstić information content (AvgIpc) is 2.84. The van der Waals surface area contributed by atoms with E-state index in [9.17, 15) is 4.39 Å². The van der Waals surface area contributed by atoms with Crippen LogP contribution in [0.3, 0.4) is 0 Å². The number of rotatable bonds is 5. The zero-order chi connectivity index (χ0) is 13.8. The van der Waals surface area contributed by atoms with Crippen molar-refractivity contribution in [2.24, 2.45) is 0 Å². The SMILES string of the molecule is COc1ccc(-c2[nH]ncc2CNC(C)C)cc1F. The normalized spacial score (nSPS) is 11.0. The molecule has 2 rings (SSSR count). The number of nitrogens with zero attached hydrogens (tertiary/aromatic N) is 1. The topological polar surface area (TPSA) is 49.9 Å². The third kappa shape index (κ3) is 3.12. The van der Waals surface area contributed by atoms with Gasteiger partial charge in [0.1, 0.15) is 0 Å². The van der Waals surface area contributed by atoms with Crippen LogP contribution in [0.15, 0.2) is 24.4 Å². The first kappa shape index (κ1) is 13.5. The van der Waals surface area contributed by atoms with Crippen molar-refractivity contribution >= 4 is 0 Å². The predicted molar refractivity (Wildman–Crippen MR) is 72.5 cm³/mol. The van der Waals surface area contributed by atoms with Gasteiger partial charge in [-0.25, -0.2) is 4.39 Å². The van der Waals surface area contributed by atoms with E-state index in [0.717, 1.165) is 16.8 Å². The smallest absolute Gasteiger partial charge is 0.165 e. The Labute approximate surface area is 112 Å². The molecule has 102 valence electrons. The van der Waals surface area contributed by atoms with Crippen molar-refractivity contribution in [2.75, 3.05) is 7.11 Å². The third-order valence-corrected chi connectivity index (χ3v) is 2.86. The van der Waals surface area contributed by atoms with Crippen LogP contribution in [0.1, 0.15) is 19.4 Å². The first-order chi connectivity index (χ1) is 9.11. The van der Waals surface area contributed by atoms with Gasteiger partial charge in [-0.1, -0.05) is 13.8 Å². The lowest BCUT2D eigenvalue weighted by Gasteiger charge is -2.09. The first-order valence-corrected chi connectivity index (χ1v) is 6.21. The Morgan fingerprint density at radius 3 is 2.84 bits per heavy atom. The third-order valence-electron chi connectivity index (χ3n) is 2.86. The van der Waals surface area contributed by atoms with Gasteiger partial charge in [0.25, 0.3) is 0 Å². The van der Waals surface area contributed by atoms with Gasteiger partial charge < -0.3 is 10.1 Å². The molecular weight excluding hydrogens is 245 g/mol. The summed E-state index contributed by atoms with van der Waals surface area (Å²) < 4.78 is 18.6. The number of hydrogen-bond donors (Lipinski definition) is 2. The van der Waals surface area contributed by atoms with Gasteiger partial charge in [0.2, 0.25) is 0 Å². The second-order valence-corrected chi connectivity index (χ2v) is 4.66. The van der Waals surface area contributed by atoms with Gasteiger partial charge in [0.05, 0.1) is 19.0 Å². The molecule has 1 heterocycles. The van der Waals surface area contributed by atoms with E-state index in [1.54, 1.807) is 12.3 Å². The lowest BCUT2D eigenvalue weighted by molar-refractivity contribution is 0.386. The molecule has 1 aromatic carbocycles. The lowest BCUT2D eigenvalue weighted by atomic mass is 10.1. The molecule has 0 radical (unpaired) electrons. The monoisotopic (exact) mass is 263 g/mol. The van der Waals surface area contributed by atoms with Gasteiger partial charge in [0.15, 0.2) is 11.6 Å². The molecule has 0 unspecified atom stereocenters. The highest BCUT2D eigenvalue weighted by atomic mass is 19.1. The number of hydrogen-bond acceptors (Lipinski definition) is 3. The highest BCUT2D eigenvalue weighted by Gasteiger charge is 2.11. The highest BCUT2D eigenvalue weighted by Crippen LogP contribution is 2.26. The number of methoxy groups -OCH3 is 1. The lowest BCUT2D eigenvalue weighted by Crippen LogP contribution is -2.21. The number of benzene rings is 1. The molecule has 19 heavy (non-hydrogen) atoms. The van der Waals surface area contributed by atoms with Gasteiger partial charge in [0, 0.05) is 23.7 Å². The minimum Gasteiger partial charge on any atom is -0.494 e. The molecule has 2 aromatic rings. The van der Waals surface area contributed by atoms with Gasteiger partial charge in [-0.05, 0) is 18.2 Å². The van der Waals surface area contributed by atoms with E-state index in [1.165, 1.54) is 13.2 Å². The van der Waals surface area contributed by atoms with Crippen LogP contribution < -0.4 is 10.1 Å². The molecule has 0 aliphatic carbocycles. The van der Waals surface area contributed by atoms with E-state index in [0.29, 0.717) is 12.6 Å². The zero-order valence-electron chi connectivity index (χ0n) is 11.3.